The summed E-state index contributed by atoms with van der Waals surface area (Å²) in [5.41, 5.74) is -2.82. The standard InChI is InChI=1S/C15H14N4O8/c1-2-26-8-3-4-10(11(5-8)19(24)25)17-12(20)7-27-14(22)9-6-16-15(23)18-13(9)21/h3-6H,2,7H2,1H3,(H,17,20)(H2,16,18,21,23). The Bertz CT molecular complexity index is 994. The van der Waals surface area contributed by atoms with E-state index in [-0.39, 0.29) is 11.4 Å². The van der Waals surface area contributed by atoms with Gasteiger partial charge in [0.15, 0.2) is 6.61 Å². The lowest BCUT2D eigenvalue weighted by Crippen LogP contribution is -2.29. The maximum Gasteiger partial charge on any atom is 0.345 e. The van der Waals surface area contributed by atoms with Gasteiger partial charge in [0.05, 0.1) is 17.6 Å². The number of benzene rings is 1. The molecular weight excluding hydrogens is 364 g/mol. The molecule has 0 saturated heterocycles. The fraction of sp³-hybridized carbons (Fsp3) is 0.200. The Labute approximate surface area is 150 Å². The van der Waals surface area contributed by atoms with Gasteiger partial charge in [-0.3, -0.25) is 24.7 Å². The molecule has 0 unspecified atom stereocenters. The summed E-state index contributed by atoms with van der Waals surface area (Å²) in [7, 11) is 0. The molecule has 0 spiro atoms. The van der Waals surface area contributed by atoms with E-state index in [2.05, 4.69) is 15.0 Å². The molecule has 1 aromatic heterocycles. The first-order chi connectivity index (χ1) is 12.8. The van der Waals surface area contributed by atoms with Crippen LogP contribution in [0.25, 0.3) is 0 Å². The van der Waals surface area contributed by atoms with Crippen molar-refractivity contribution < 1.29 is 24.0 Å². The average Bonchev–Trinajstić information content (AvgIpc) is 2.61. The number of nitrogens with zero attached hydrogens (tertiary/aromatic N) is 1. The van der Waals surface area contributed by atoms with Gasteiger partial charge in [0, 0.05) is 6.20 Å². The van der Waals surface area contributed by atoms with Crippen LogP contribution >= 0.6 is 0 Å². The number of rotatable bonds is 7. The number of nitro benzene ring substituents is 1. The van der Waals surface area contributed by atoms with Gasteiger partial charge in [0.25, 0.3) is 17.2 Å². The Morgan fingerprint density at radius 2 is 2.04 bits per heavy atom. The van der Waals surface area contributed by atoms with Crippen LogP contribution in [0.3, 0.4) is 0 Å². The fourth-order valence-corrected chi connectivity index (χ4v) is 1.98. The first kappa shape index (κ1) is 19.4. The largest absolute Gasteiger partial charge is 0.494 e. The van der Waals surface area contributed by atoms with E-state index < -0.39 is 45.9 Å². The smallest absolute Gasteiger partial charge is 0.345 e. The molecule has 27 heavy (non-hydrogen) atoms. The molecule has 0 saturated carbocycles. The zero-order valence-corrected chi connectivity index (χ0v) is 13.9. The Morgan fingerprint density at radius 1 is 1.30 bits per heavy atom. The topological polar surface area (TPSA) is 173 Å². The number of ether oxygens (including phenoxy) is 2. The minimum atomic E-state index is -1.15. The third kappa shape index (κ3) is 5.01. The summed E-state index contributed by atoms with van der Waals surface area (Å²) in [6, 6.07) is 3.85. The molecule has 0 radical (unpaired) electrons. The van der Waals surface area contributed by atoms with Gasteiger partial charge in [-0.15, -0.1) is 0 Å². The predicted octanol–water partition coefficient (Wildman–Crippen LogP) is 0.166. The molecule has 0 atom stereocenters. The number of carbonyl (C=O) groups is 2. The Balaban J connectivity index is 2.05. The second-order valence-corrected chi connectivity index (χ2v) is 4.98. The number of hydrogen-bond donors (Lipinski definition) is 3. The van der Waals surface area contributed by atoms with Crippen molar-refractivity contribution in [2.45, 2.75) is 6.92 Å². The van der Waals surface area contributed by atoms with Crippen LogP contribution in [0.4, 0.5) is 11.4 Å². The number of aromatic amines is 2. The van der Waals surface area contributed by atoms with Crippen molar-refractivity contribution in [1.82, 2.24) is 9.97 Å². The molecule has 3 N–H and O–H groups in total. The normalized spacial score (nSPS) is 10.1. The van der Waals surface area contributed by atoms with Crippen LogP contribution in [-0.4, -0.2) is 40.0 Å². The van der Waals surface area contributed by atoms with Gasteiger partial charge in [-0.2, -0.15) is 0 Å². The number of hydrogen-bond acceptors (Lipinski definition) is 8. The summed E-state index contributed by atoms with van der Waals surface area (Å²) >= 11 is 0. The van der Waals surface area contributed by atoms with Crippen LogP contribution in [0.2, 0.25) is 0 Å². The lowest BCUT2D eigenvalue weighted by molar-refractivity contribution is -0.384. The van der Waals surface area contributed by atoms with Gasteiger partial charge in [-0.05, 0) is 19.1 Å². The molecule has 2 rings (SSSR count). The highest BCUT2D eigenvalue weighted by molar-refractivity contribution is 5.96. The molecular formula is C15H14N4O8. The number of H-pyrrole nitrogens is 2. The summed E-state index contributed by atoms with van der Waals surface area (Å²) in [6.45, 7) is 1.22. The summed E-state index contributed by atoms with van der Waals surface area (Å²) in [5.74, 6) is -1.76. The van der Waals surface area contributed by atoms with E-state index in [1.54, 1.807) is 6.92 Å². The molecule has 0 bridgehead atoms. The minimum absolute atomic E-state index is 0.119. The fourth-order valence-electron chi connectivity index (χ4n) is 1.98. The number of anilines is 1. The zero-order valence-electron chi connectivity index (χ0n) is 13.9. The van der Waals surface area contributed by atoms with E-state index in [1.165, 1.54) is 12.1 Å². The van der Waals surface area contributed by atoms with E-state index in [0.717, 1.165) is 12.3 Å². The van der Waals surface area contributed by atoms with Crippen LogP contribution in [0, 0.1) is 10.1 Å². The Morgan fingerprint density at radius 3 is 2.67 bits per heavy atom. The number of nitro groups is 1. The minimum Gasteiger partial charge on any atom is -0.494 e. The second kappa shape index (κ2) is 8.42. The van der Waals surface area contributed by atoms with Crippen LogP contribution in [-0.2, 0) is 9.53 Å². The zero-order chi connectivity index (χ0) is 20.0. The predicted molar refractivity (Wildman–Crippen MR) is 90.9 cm³/mol. The molecule has 12 heteroatoms. The highest BCUT2D eigenvalue weighted by atomic mass is 16.6. The molecule has 0 aliphatic rings. The average molecular weight is 378 g/mol. The molecule has 0 aliphatic carbocycles. The molecule has 0 aliphatic heterocycles. The van der Waals surface area contributed by atoms with E-state index >= 15 is 0 Å². The van der Waals surface area contributed by atoms with Gasteiger partial charge < -0.3 is 19.8 Å². The van der Waals surface area contributed by atoms with Crippen LogP contribution < -0.4 is 21.3 Å². The third-order valence-electron chi connectivity index (χ3n) is 3.12. The quantitative estimate of drug-likeness (QED) is 0.347. The van der Waals surface area contributed by atoms with Crippen LogP contribution in [0.5, 0.6) is 5.75 Å². The van der Waals surface area contributed by atoms with E-state index in [9.17, 15) is 29.3 Å². The number of aromatic nitrogens is 2. The lowest BCUT2D eigenvalue weighted by Gasteiger charge is -2.08. The lowest BCUT2D eigenvalue weighted by atomic mass is 10.2. The van der Waals surface area contributed by atoms with Crippen molar-refractivity contribution in [3.63, 3.8) is 0 Å². The summed E-state index contributed by atoms with van der Waals surface area (Å²) in [6.07, 6.45) is 0.846. The number of carbonyl (C=O) groups excluding carboxylic acids is 2. The Kier molecular flexibility index (Phi) is 6.04. The molecule has 0 fully saturated rings. The van der Waals surface area contributed by atoms with E-state index in [0.29, 0.717) is 6.61 Å². The number of esters is 1. The van der Waals surface area contributed by atoms with Crippen molar-refractivity contribution in [3.05, 3.63) is 60.9 Å². The molecule has 1 aromatic carbocycles. The van der Waals surface area contributed by atoms with Crippen molar-refractivity contribution in [3.8, 4) is 5.75 Å². The van der Waals surface area contributed by atoms with Crippen LogP contribution in [0.1, 0.15) is 17.3 Å². The van der Waals surface area contributed by atoms with Gasteiger partial charge in [-0.1, -0.05) is 0 Å². The molecule has 142 valence electrons. The third-order valence-corrected chi connectivity index (χ3v) is 3.12. The maximum atomic E-state index is 11.9. The first-order valence-corrected chi connectivity index (χ1v) is 7.52. The number of amides is 1. The van der Waals surface area contributed by atoms with Gasteiger partial charge in [-0.25, -0.2) is 9.59 Å². The van der Waals surface area contributed by atoms with Gasteiger partial charge in [0.1, 0.15) is 17.0 Å². The Hall–Kier alpha value is -3.96. The highest BCUT2D eigenvalue weighted by Gasteiger charge is 2.19. The first-order valence-electron chi connectivity index (χ1n) is 7.52. The molecule has 2 aromatic rings. The van der Waals surface area contributed by atoms with Gasteiger partial charge >= 0.3 is 11.7 Å². The summed E-state index contributed by atoms with van der Waals surface area (Å²) in [5, 5.41) is 13.4. The molecule has 1 heterocycles. The highest BCUT2D eigenvalue weighted by Crippen LogP contribution is 2.29. The SMILES string of the molecule is CCOc1ccc(NC(=O)COC(=O)c2c[nH]c(=O)[nH]c2=O)c([N+](=O)[O-])c1. The number of nitrogens with one attached hydrogen (secondary N) is 3. The second-order valence-electron chi connectivity index (χ2n) is 4.98. The molecule has 1 amide bonds. The van der Waals surface area contributed by atoms with Crippen LogP contribution in [0.15, 0.2) is 34.0 Å². The summed E-state index contributed by atoms with van der Waals surface area (Å²) in [4.78, 5) is 60.3. The molecule has 12 nitrogen and oxygen atoms in total. The monoisotopic (exact) mass is 378 g/mol. The maximum absolute atomic E-state index is 11.9. The van der Waals surface area contributed by atoms with E-state index in [1.807, 2.05) is 4.98 Å². The van der Waals surface area contributed by atoms with Crippen molar-refractivity contribution in [1.29, 1.82) is 0 Å². The van der Waals surface area contributed by atoms with Crippen molar-refractivity contribution in [2.75, 3.05) is 18.5 Å². The van der Waals surface area contributed by atoms with E-state index in [4.69, 9.17) is 4.74 Å². The van der Waals surface area contributed by atoms with Crippen molar-refractivity contribution in [2.24, 2.45) is 0 Å². The van der Waals surface area contributed by atoms with Gasteiger partial charge in [0.2, 0.25) is 0 Å². The summed E-state index contributed by atoms with van der Waals surface area (Å²) < 4.78 is 9.82. The van der Waals surface area contributed by atoms with Crippen molar-refractivity contribution >= 4 is 23.3 Å².